The third kappa shape index (κ3) is 4.11. The molecule has 0 saturated carbocycles. The number of nitrogens with zero attached hydrogens (tertiary/aromatic N) is 3. The van der Waals surface area contributed by atoms with E-state index in [1.165, 1.54) is 48.3 Å². The van der Waals surface area contributed by atoms with Crippen molar-refractivity contribution in [3.63, 3.8) is 0 Å². The number of benzene rings is 1. The van der Waals surface area contributed by atoms with Gasteiger partial charge in [-0.1, -0.05) is 11.8 Å². The SMILES string of the molecule is N#Cc1ccc(C(=O)Nc2ccc(F)c([C@]34CO[C@@H](CF)C[C@H]3CSC(N)=N4)c2)nc1. The van der Waals surface area contributed by atoms with Crippen molar-refractivity contribution in [3.8, 4) is 6.07 Å². The van der Waals surface area contributed by atoms with E-state index in [0.29, 0.717) is 28.6 Å². The number of carbonyl (C=O) groups excluding carboxylic acids is 1. The fraction of sp³-hybridized carbons (Fsp3) is 0.333. The van der Waals surface area contributed by atoms with Gasteiger partial charge in [-0.05, 0) is 36.8 Å². The number of hydrogen-bond donors (Lipinski definition) is 2. The Balaban J connectivity index is 1.66. The Morgan fingerprint density at radius 1 is 1.42 bits per heavy atom. The number of ether oxygens (including phenoxy) is 1. The smallest absolute Gasteiger partial charge is 0.274 e. The summed E-state index contributed by atoms with van der Waals surface area (Å²) in [6.45, 7) is -0.619. The monoisotopic (exact) mass is 443 g/mol. The first-order chi connectivity index (χ1) is 14.9. The van der Waals surface area contributed by atoms with Gasteiger partial charge in [0.1, 0.15) is 29.8 Å². The van der Waals surface area contributed by atoms with E-state index in [9.17, 15) is 13.6 Å². The molecule has 31 heavy (non-hydrogen) atoms. The number of amidine groups is 1. The molecule has 1 fully saturated rings. The Labute approximate surface area is 181 Å². The highest BCUT2D eigenvalue weighted by Crippen LogP contribution is 2.47. The Morgan fingerprint density at radius 3 is 2.97 bits per heavy atom. The number of carbonyl (C=O) groups is 1. The molecule has 1 amide bonds. The number of amides is 1. The lowest BCUT2D eigenvalue weighted by atomic mass is 9.75. The largest absolute Gasteiger partial charge is 0.379 e. The minimum Gasteiger partial charge on any atom is -0.379 e. The van der Waals surface area contributed by atoms with Crippen LogP contribution in [0, 0.1) is 23.1 Å². The molecule has 0 bridgehead atoms. The number of nitriles is 1. The van der Waals surface area contributed by atoms with Crippen LogP contribution in [-0.4, -0.2) is 41.2 Å². The lowest BCUT2D eigenvalue weighted by Crippen LogP contribution is -2.50. The second-order valence-corrected chi connectivity index (χ2v) is 8.44. The molecule has 0 unspecified atom stereocenters. The summed E-state index contributed by atoms with van der Waals surface area (Å²) in [6, 6.07) is 9.05. The van der Waals surface area contributed by atoms with E-state index in [0.717, 1.165) is 0 Å². The van der Waals surface area contributed by atoms with Crippen LogP contribution in [0.15, 0.2) is 41.5 Å². The summed E-state index contributed by atoms with van der Waals surface area (Å²) in [5.41, 5.74) is 5.91. The summed E-state index contributed by atoms with van der Waals surface area (Å²) in [5.74, 6) is -0.610. The number of pyridine rings is 1. The molecule has 7 nitrogen and oxygen atoms in total. The standard InChI is InChI=1S/C21H19F2N5O2S/c22-7-15-5-13-10-31-20(25)28-21(13,11-30-15)16-6-14(2-3-17(16)23)27-19(29)18-4-1-12(8-24)9-26-18/h1-4,6,9,13,15H,5,7,10-11H2,(H2,25,28)(H,27,29)/t13-,15+,21-/m0/s1. The normalized spacial score (nSPS) is 25.1. The molecule has 10 heteroatoms. The molecule has 1 saturated heterocycles. The van der Waals surface area contributed by atoms with Gasteiger partial charge in [-0.15, -0.1) is 0 Å². The molecule has 2 aliphatic heterocycles. The molecule has 2 aliphatic rings. The van der Waals surface area contributed by atoms with Gasteiger partial charge in [0.15, 0.2) is 5.17 Å². The predicted octanol–water partition coefficient (Wildman–Crippen LogP) is 2.98. The molecule has 1 aromatic carbocycles. The number of nitrogens with one attached hydrogen (secondary N) is 1. The second kappa shape index (κ2) is 8.61. The summed E-state index contributed by atoms with van der Waals surface area (Å²) >= 11 is 1.36. The minimum absolute atomic E-state index is 0.000982. The number of anilines is 1. The van der Waals surface area contributed by atoms with Gasteiger partial charge >= 0.3 is 0 Å². The maximum atomic E-state index is 15.0. The highest BCUT2D eigenvalue weighted by Gasteiger charge is 2.49. The topological polar surface area (TPSA) is 113 Å². The van der Waals surface area contributed by atoms with Crippen molar-refractivity contribution in [2.24, 2.45) is 16.6 Å². The summed E-state index contributed by atoms with van der Waals surface area (Å²) in [6.07, 6.45) is 1.14. The first-order valence-corrected chi connectivity index (χ1v) is 10.6. The lowest BCUT2D eigenvalue weighted by molar-refractivity contribution is -0.0652. The zero-order valence-corrected chi connectivity index (χ0v) is 17.2. The number of thioether (sulfide) groups is 1. The Hall–Kier alpha value is -3.03. The van der Waals surface area contributed by atoms with Crippen LogP contribution in [0.3, 0.4) is 0 Å². The van der Waals surface area contributed by atoms with E-state index in [-0.39, 0.29) is 23.8 Å². The van der Waals surface area contributed by atoms with Gasteiger partial charge in [-0.25, -0.2) is 18.8 Å². The molecular formula is C21H19F2N5O2S. The van der Waals surface area contributed by atoms with E-state index < -0.39 is 30.0 Å². The number of halogens is 2. The fourth-order valence-corrected chi connectivity index (χ4v) is 4.89. The fourth-order valence-electron chi connectivity index (χ4n) is 3.88. The molecule has 2 aromatic rings. The van der Waals surface area contributed by atoms with Gasteiger partial charge in [0.25, 0.3) is 5.91 Å². The van der Waals surface area contributed by atoms with E-state index in [2.05, 4.69) is 15.3 Å². The highest BCUT2D eigenvalue weighted by molar-refractivity contribution is 8.13. The van der Waals surface area contributed by atoms with Gasteiger partial charge in [0, 0.05) is 29.1 Å². The molecule has 4 rings (SSSR count). The van der Waals surface area contributed by atoms with Crippen LogP contribution < -0.4 is 11.1 Å². The van der Waals surface area contributed by atoms with Gasteiger partial charge in [0.2, 0.25) is 0 Å². The Bertz CT molecular complexity index is 1070. The van der Waals surface area contributed by atoms with Crippen LogP contribution in [0.2, 0.25) is 0 Å². The maximum Gasteiger partial charge on any atom is 0.274 e. The van der Waals surface area contributed by atoms with Crippen molar-refractivity contribution in [1.29, 1.82) is 5.26 Å². The number of alkyl halides is 1. The van der Waals surface area contributed by atoms with Crippen LogP contribution in [-0.2, 0) is 10.3 Å². The highest BCUT2D eigenvalue weighted by atomic mass is 32.2. The number of nitrogens with two attached hydrogens (primary N) is 1. The lowest BCUT2D eigenvalue weighted by Gasteiger charge is -2.46. The van der Waals surface area contributed by atoms with Crippen molar-refractivity contribution in [2.75, 3.05) is 24.4 Å². The molecule has 3 atom stereocenters. The van der Waals surface area contributed by atoms with Crippen molar-refractivity contribution < 1.29 is 18.3 Å². The molecule has 1 aromatic heterocycles. The van der Waals surface area contributed by atoms with Crippen molar-refractivity contribution >= 4 is 28.5 Å². The zero-order valence-electron chi connectivity index (χ0n) is 16.3. The van der Waals surface area contributed by atoms with Crippen LogP contribution >= 0.6 is 11.8 Å². The van der Waals surface area contributed by atoms with Crippen molar-refractivity contribution in [3.05, 3.63) is 59.2 Å². The average Bonchev–Trinajstić information content (AvgIpc) is 2.79. The van der Waals surface area contributed by atoms with Crippen LogP contribution in [0.25, 0.3) is 0 Å². The van der Waals surface area contributed by atoms with Gasteiger partial charge in [-0.3, -0.25) is 4.79 Å². The average molecular weight is 443 g/mol. The van der Waals surface area contributed by atoms with E-state index in [4.69, 9.17) is 15.7 Å². The van der Waals surface area contributed by atoms with Crippen LogP contribution in [0.1, 0.15) is 28.0 Å². The summed E-state index contributed by atoms with van der Waals surface area (Å²) < 4.78 is 33.8. The first kappa shape index (κ1) is 21.2. The number of aromatic nitrogens is 1. The van der Waals surface area contributed by atoms with Crippen molar-refractivity contribution in [2.45, 2.75) is 18.1 Å². The number of rotatable bonds is 4. The van der Waals surface area contributed by atoms with Crippen molar-refractivity contribution in [1.82, 2.24) is 4.98 Å². The van der Waals surface area contributed by atoms with Crippen LogP contribution in [0.4, 0.5) is 14.5 Å². The third-order valence-corrected chi connectivity index (χ3v) is 6.45. The van der Waals surface area contributed by atoms with Gasteiger partial charge in [-0.2, -0.15) is 5.26 Å². The molecule has 3 N–H and O–H groups in total. The zero-order chi connectivity index (χ0) is 22.0. The third-order valence-electron chi connectivity index (χ3n) is 5.49. The van der Waals surface area contributed by atoms with Crippen LogP contribution in [0.5, 0.6) is 0 Å². The summed E-state index contributed by atoms with van der Waals surface area (Å²) in [7, 11) is 0. The first-order valence-electron chi connectivity index (χ1n) is 9.58. The maximum absolute atomic E-state index is 15.0. The minimum atomic E-state index is -1.08. The molecular weight excluding hydrogens is 424 g/mol. The Kier molecular flexibility index (Phi) is 5.89. The number of aliphatic imine (C=N–C) groups is 1. The molecule has 0 spiro atoms. The molecule has 0 radical (unpaired) electrons. The second-order valence-electron chi connectivity index (χ2n) is 7.40. The molecule has 3 heterocycles. The predicted molar refractivity (Wildman–Crippen MR) is 113 cm³/mol. The molecule has 0 aliphatic carbocycles. The van der Waals surface area contributed by atoms with E-state index in [1.54, 1.807) is 0 Å². The van der Waals surface area contributed by atoms with Gasteiger partial charge < -0.3 is 15.8 Å². The number of fused-ring (bicyclic) bond motifs is 1. The quantitative estimate of drug-likeness (QED) is 0.751. The number of hydrogen-bond acceptors (Lipinski definition) is 7. The van der Waals surface area contributed by atoms with E-state index in [1.807, 2.05) is 6.07 Å². The summed E-state index contributed by atoms with van der Waals surface area (Å²) in [4.78, 5) is 21.0. The Morgan fingerprint density at radius 2 is 2.26 bits per heavy atom. The van der Waals surface area contributed by atoms with E-state index >= 15 is 0 Å². The van der Waals surface area contributed by atoms with Gasteiger partial charge in [0.05, 0.1) is 18.3 Å². The molecule has 160 valence electrons. The summed E-state index contributed by atoms with van der Waals surface area (Å²) in [5, 5.41) is 11.9.